The second-order valence-electron chi connectivity index (χ2n) is 5.78. The van der Waals surface area contributed by atoms with Crippen molar-refractivity contribution in [1.82, 2.24) is 0 Å². The van der Waals surface area contributed by atoms with Gasteiger partial charge in [-0.1, -0.05) is 62.2 Å². The zero-order chi connectivity index (χ0) is 15.5. The van der Waals surface area contributed by atoms with Gasteiger partial charge < -0.3 is 10.3 Å². The topological polar surface area (TPSA) is 52.8 Å². The fraction of sp³-hybridized carbons (Fsp3) is 0.611. The van der Waals surface area contributed by atoms with Gasteiger partial charge in [-0.15, -0.1) is 0 Å². The number of aliphatic hydroxyl groups is 1. The molecule has 3 heteroatoms. The molecule has 3 nitrogen and oxygen atoms in total. The van der Waals surface area contributed by atoms with Gasteiger partial charge in [0.15, 0.2) is 0 Å². The molecule has 0 fully saturated rings. The van der Waals surface area contributed by atoms with Crippen molar-refractivity contribution >= 4 is 5.71 Å². The first-order valence-corrected chi connectivity index (χ1v) is 8.14. The van der Waals surface area contributed by atoms with E-state index in [1.807, 2.05) is 19.1 Å². The van der Waals surface area contributed by atoms with Gasteiger partial charge in [-0.3, -0.25) is 0 Å². The van der Waals surface area contributed by atoms with E-state index in [1.165, 1.54) is 50.5 Å². The van der Waals surface area contributed by atoms with Gasteiger partial charge in [-0.2, -0.15) is 0 Å². The van der Waals surface area contributed by atoms with E-state index < -0.39 is 0 Å². The molecule has 1 rings (SSSR count). The molecule has 0 saturated heterocycles. The summed E-state index contributed by atoms with van der Waals surface area (Å²) in [6.07, 6.45) is 10.2. The number of aliphatic hydroxyl groups excluding tert-OH is 1. The van der Waals surface area contributed by atoms with Gasteiger partial charge in [0.2, 0.25) is 0 Å². The van der Waals surface area contributed by atoms with Crippen LogP contribution < -0.4 is 0 Å². The molecule has 0 atom stereocenters. The molecule has 0 aliphatic heterocycles. The highest BCUT2D eigenvalue weighted by Gasteiger charge is 2.05. The van der Waals surface area contributed by atoms with Crippen molar-refractivity contribution < 1.29 is 10.3 Å². The number of nitrogens with zero attached hydrogens (tertiary/aromatic N) is 1. The van der Waals surface area contributed by atoms with E-state index in [2.05, 4.69) is 18.1 Å². The van der Waals surface area contributed by atoms with Crippen LogP contribution in [0.1, 0.15) is 68.6 Å². The molecule has 0 aliphatic carbocycles. The number of benzene rings is 1. The lowest BCUT2D eigenvalue weighted by Gasteiger charge is -2.08. The van der Waals surface area contributed by atoms with Crippen molar-refractivity contribution in [3.8, 4) is 0 Å². The molecule has 0 amide bonds. The van der Waals surface area contributed by atoms with Crippen molar-refractivity contribution in [2.24, 2.45) is 5.16 Å². The van der Waals surface area contributed by atoms with E-state index in [0.717, 1.165) is 17.5 Å². The summed E-state index contributed by atoms with van der Waals surface area (Å²) in [6.45, 7) is 4.03. The summed E-state index contributed by atoms with van der Waals surface area (Å²) < 4.78 is 0. The molecular weight excluding hydrogens is 262 g/mol. The summed E-state index contributed by atoms with van der Waals surface area (Å²) in [5.74, 6) is 0. The quantitative estimate of drug-likeness (QED) is 0.289. The molecule has 118 valence electrons. The summed E-state index contributed by atoms with van der Waals surface area (Å²) >= 11 is 0. The highest BCUT2D eigenvalue weighted by atomic mass is 16.4. The Labute approximate surface area is 128 Å². The number of hydrogen-bond acceptors (Lipinski definition) is 3. The molecule has 1 aromatic rings. The summed E-state index contributed by atoms with van der Waals surface area (Å²) in [5, 5.41) is 21.3. The van der Waals surface area contributed by atoms with Crippen LogP contribution in [0.3, 0.4) is 0 Å². The van der Waals surface area contributed by atoms with E-state index in [4.69, 9.17) is 5.21 Å². The molecule has 21 heavy (non-hydrogen) atoms. The molecular formula is C18H29NO2. The van der Waals surface area contributed by atoms with E-state index in [1.54, 1.807) is 0 Å². The molecule has 0 spiro atoms. The van der Waals surface area contributed by atoms with Crippen molar-refractivity contribution in [3.05, 3.63) is 34.9 Å². The minimum absolute atomic E-state index is 0.239. The Bertz CT molecular complexity index is 441. The molecule has 0 radical (unpaired) electrons. The first-order valence-electron chi connectivity index (χ1n) is 8.14. The Balaban J connectivity index is 2.45. The first-order chi connectivity index (χ1) is 10.2. The van der Waals surface area contributed by atoms with Crippen molar-refractivity contribution in [2.45, 2.75) is 65.2 Å². The monoisotopic (exact) mass is 291 g/mol. The van der Waals surface area contributed by atoms with Gasteiger partial charge in [-0.05, 0) is 37.5 Å². The maximum atomic E-state index is 9.19. The molecule has 0 bridgehead atoms. The van der Waals surface area contributed by atoms with Crippen LogP contribution >= 0.6 is 0 Å². The summed E-state index contributed by atoms with van der Waals surface area (Å²) in [6, 6.07) is 6.14. The van der Waals surface area contributed by atoms with Crippen molar-refractivity contribution in [1.29, 1.82) is 0 Å². The lowest BCUT2D eigenvalue weighted by atomic mass is 9.99. The highest BCUT2D eigenvalue weighted by molar-refractivity contribution is 6.01. The Morgan fingerprint density at radius 2 is 1.67 bits per heavy atom. The Kier molecular flexibility index (Phi) is 8.76. The lowest BCUT2D eigenvalue weighted by molar-refractivity contribution is 0.304. The minimum atomic E-state index is -0.239. The van der Waals surface area contributed by atoms with Gasteiger partial charge in [0, 0.05) is 5.56 Å². The average Bonchev–Trinajstić information content (AvgIpc) is 2.47. The summed E-state index contributed by atoms with van der Waals surface area (Å²) in [7, 11) is 0. The molecule has 0 aliphatic rings. The summed E-state index contributed by atoms with van der Waals surface area (Å²) in [4.78, 5) is 0. The van der Waals surface area contributed by atoms with Crippen LogP contribution in [0.4, 0.5) is 0 Å². The van der Waals surface area contributed by atoms with Crippen LogP contribution in [-0.2, 0) is 6.42 Å². The van der Waals surface area contributed by atoms with Gasteiger partial charge in [0.25, 0.3) is 0 Å². The minimum Gasteiger partial charge on any atom is -0.411 e. The Morgan fingerprint density at radius 1 is 1.00 bits per heavy atom. The number of aryl methyl sites for hydroxylation is 2. The SMILES string of the molecule is CCCCCCCCCc1cc(C)cc(C(CO)=NO)c1. The lowest BCUT2D eigenvalue weighted by Crippen LogP contribution is -2.07. The Hall–Kier alpha value is -1.35. The largest absolute Gasteiger partial charge is 0.411 e. The van der Waals surface area contributed by atoms with Gasteiger partial charge in [0.1, 0.15) is 5.71 Å². The van der Waals surface area contributed by atoms with Crippen LogP contribution in [0.25, 0.3) is 0 Å². The molecule has 0 aromatic heterocycles. The number of oxime groups is 1. The third-order valence-corrected chi connectivity index (χ3v) is 3.81. The zero-order valence-corrected chi connectivity index (χ0v) is 13.4. The first kappa shape index (κ1) is 17.7. The van der Waals surface area contributed by atoms with E-state index in [9.17, 15) is 5.11 Å². The maximum absolute atomic E-state index is 9.19. The van der Waals surface area contributed by atoms with Crippen molar-refractivity contribution in [2.75, 3.05) is 6.61 Å². The molecule has 2 N–H and O–H groups in total. The predicted octanol–water partition coefficient (Wildman–Crippen LogP) is 4.46. The Morgan fingerprint density at radius 3 is 2.29 bits per heavy atom. The van der Waals surface area contributed by atoms with Crippen LogP contribution in [0, 0.1) is 6.92 Å². The van der Waals surface area contributed by atoms with E-state index in [-0.39, 0.29) is 6.61 Å². The van der Waals surface area contributed by atoms with Gasteiger partial charge in [0.05, 0.1) is 6.61 Å². The molecule has 0 unspecified atom stereocenters. The van der Waals surface area contributed by atoms with Crippen LogP contribution in [0.15, 0.2) is 23.4 Å². The maximum Gasteiger partial charge on any atom is 0.112 e. The third-order valence-electron chi connectivity index (χ3n) is 3.81. The fourth-order valence-corrected chi connectivity index (χ4v) is 2.64. The van der Waals surface area contributed by atoms with E-state index >= 15 is 0 Å². The number of hydrogen-bond donors (Lipinski definition) is 2. The van der Waals surface area contributed by atoms with Gasteiger partial charge >= 0.3 is 0 Å². The fourth-order valence-electron chi connectivity index (χ4n) is 2.64. The van der Waals surface area contributed by atoms with Crippen LogP contribution in [-0.4, -0.2) is 22.6 Å². The molecule has 0 heterocycles. The number of unbranched alkanes of at least 4 members (excludes halogenated alkanes) is 6. The molecule has 1 aromatic carbocycles. The van der Waals surface area contributed by atoms with Crippen LogP contribution in [0.5, 0.6) is 0 Å². The van der Waals surface area contributed by atoms with Gasteiger partial charge in [-0.25, -0.2) is 0 Å². The zero-order valence-electron chi connectivity index (χ0n) is 13.4. The average molecular weight is 291 g/mol. The number of rotatable bonds is 10. The normalized spacial score (nSPS) is 11.9. The second kappa shape index (κ2) is 10.4. The van der Waals surface area contributed by atoms with E-state index in [0.29, 0.717) is 5.71 Å². The summed E-state index contributed by atoms with van der Waals surface area (Å²) in [5.41, 5.74) is 3.55. The molecule has 0 saturated carbocycles. The third kappa shape index (κ3) is 6.76. The highest BCUT2D eigenvalue weighted by Crippen LogP contribution is 2.15. The predicted molar refractivity (Wildman–Crippen MR) is 88.3 cm³/mol. The van der Waals surface area contributed by atoms with Crippen molar-refractivity contribution in [3.63, 3.8) is 0 Å². The standard InChI is InChI=1S/C18H29NO2/c1-3-4-5-6-7-8-9-10-16-11-15(2)12-17(13-16)18(14-20)19-21/h11-13,20-21H,3-10,14H2,1-2H3. The van der Waals surface area contributed by atoms with Crippen LogP contribution in [0.2, 0.25) is 0 Å². The second-order valence-corrected chi connectivity index (χ2v) is 5.78. The smallest absolute Gasteiger partial charge is 0.112 e.